The van der Waals surface area contributed by atoms with E-state index in [0.29, 0.717) is 6.61 Å². The van der Waals surface area contributed by atoms with E-state index in [1.54, 1.807) is 0 Å². The summed E-state index contributed by atoms with van der Waals surface area (Å²) in [7, 11) is 0. The van der Waals surface area contributed by atoms with Crippen molar-refractivity contribution in [3.05, 3.63) is 0 Å². The fourth-order valence-corrected chi connectivity index (χ4v) is 2.48. The highest BCUT2D eigenvalue weighted by Crippen LogP contribution is 2.13. The second-order valence-corrected chi connectivity index (χ2v) is 6.76. The van der Waals surface area contributed by atoms with Crippen LogP contribution in [0.3, 0.4) is 0 Å². The van der Waals surface area contributed by atoms with E-state index >= 15 is 0 Å². The van der Waals surface area contributed by atoms with Crippen LogP contribution in [0, 0.1) is 0 Å². The van der Waals surface area contributed by atoms with Crippen molar-refractivity contribution >= 4 is 21.9 Å². The molecule has 140 valence electrons. The zero-order valence-electron chi connectivity index (χ0n) is 15.2. The predicted octanol–water partition coefficient (Wildman–Crippen LogP) is 6.32. The van der Waals surface area contributed by atoms with E-state index in [0.717, 1.165) is 6.42 Å². The van der Waals surface area contributed by atoms with Crippen molar-refractivity contribution in [1.82, 2.24) is 0 Å². The lowest BCUT2D eigenvalue weighted by molar-refractivity contribution is -0.133. The van der Waals surface area contributed by atoms with Crippen LogP contribution in [0.25, 0.3) is 0 Å². The number of aliphatic hydroxyl groups excluding tert-OH is 1. The predicted molar refractivity (Wildman–Crippen MR) is 103 cm³/mol. The topological polar surface area (TPSA) is 57.5 Å². The average Bonchev–Trinajstić information content (AvgIpc) is 2.55. The molecule has 0 aliphatic carbocycles. The van der Waals surface area contributed by atoms with Crippen molar-refractivity contribution in [2.75, 3.05) is 11.9 Å². The summed E-state index contributed by atoms with van der Waals surface area (Å²) in [5.41, 5.74) is 0. The Morgan fingerprint density at radius 2 is 0.957 bits per heavy atom. The minimum atomic E-state index is -0.829. The summed E-state index contributed by atoms with van der Waals surface area (Å²) in [6.07, 6.45) is 20.7. The van der Waals surface area contributed by atoms with Gasteiger partial charge in [0, 0.05) is 6.61 Å². The van der Waals surface area contributed by atoms with E-state index in [1.165, 1.54) is 89.9 Å². The van der Waals surface area contributed by atoms with Crippen molar-refractivity contribution < 1.29 is 15.0 Å². The highest BCUT2D eigenvalue weighted by molar-refractivity contribution is 9.09. The van der Waals surface area contributed by atoms with Crippen LogP contribution in [0.5, 0.6) is 0 Å². The molecule has 23 heavy (non-hydrogen) atoms. The molecule has 0 aromatic heterocycles. The standard InChI is InChI=1S/C17H36O.C2H3BrO2/c1-2-3-4-5-6-7-8-9-10-11-12-13-14-15-16-17-18;3-1-2(4)5/h18H,2-17H2,1H3;1H2,(H,4,5). The quantitative estimate of drug-likeness (QED) is 0.238. The molecular formula is C19H39BrO3. The molecule has 0 amide bonds. The summed E-state index contributed by atoms with van der Waals surface area (Å²) in [5.74, 6) is -0.829. The number of carboxylic acids is 1. The third-order valence-corrected chi connectivity index (χ3v) is 4.36. The van der Waals surface area contributed by atoms with E-state index in [9.17, 15) is 4.79 Å². The molecule has 0 atom stereocenters. The summed E-state index contributed by atoms with van der Waals surface area (Å²) >= 11 is 2.71. The van der Waals surface area contributed by atoms with Crippen LogP contribution in [0.15, 0.2) is 0 Å². The minimum absolute atomic E-state index is 0.0347. The Balaban J connectivity index is 0. The molecule has 3 nitrogen and oxygen atoms in total. The Morgan fingerprint density at radius 1 is 0.696 bits per heavy atom. The van der Waals surface area contributed by atoms with Crippen LogP contribution in [-0.2, 0) is 4.79 Å². The van der Waals surface area contributed by atoms with Crippen molar-refractivity contribution in [2.45, 2.75) is 103 Å². The Hall–Kier alpha value is -0.0900. The van der Waals surface area contributed by atoms with Gasteiger partial charge in [0.25, 0.3) is 0 Å². The fraction of sp³-hybridized carbons (Fsp3) is 0.947. The lowest BCUT2D eigenvalue weighted by atomic mass is 10.0. The highest BCUT2D eigenvalue weighted by atomic mass is 79.9. The van der Waals surface area contributed by atoms with E-state index in [2.05, 4.69) is 22.9 Å². The number of alkyl halides is 1. The van der Waals surface area contributed by atoms with Crippen molar-refractivity contribution in [1.29, 1.82) is 0 Å². The van der Waals surface area contributed by atoms with E-state index < -0.39 is 5.97 Å². The van der Waals surface area contributed by atoms with Crippen LogP contribution >= 0.6 is 15.9 Å². The van der Waals surface area contributed by atoms with Gasteiger partial charge in [0.05, 0.1) is 0 Å². The van der Waals surface area contributed by atoms with Crippen molar-refractivity contribution in [3.63, 3.8) is 0 Å². The molecule has 0 heterocycles. The summed E-state index contributed by atoms with van der Waals surface area (Å²) in [6, 6.07) is 0. The fourth-order valence-electron chi connectivity index (χ4n) is 2.48. The van der Waals surface area contributed by atoms with Gasteiger partial charge in [0.15, 0.2) is 0 Å². The largest absolute Gasteiger partial charge is 0.481 e. The number of hydrogen-bond donors (Lipinski definition) is 2. The highest BCUT2D eigenvalue weighted by Gasteiger charge is 1.93. The van der Waals surface area contributed by atoms with Gasteiger partial charge in [-0.2, -0.15) is 0 Å². The Morgan fingerprint density at radius 3 is 1.17 bits per heavy atom. The monoisotopic (exact) mass is 394 g/mol. The first-order valence-corrected chi connectivity index (χ1v) is 10.7. The van der Waals surface area contributed by atoms with Gasteiger partial charge in [-0.05, 0) is 6.42 Å². The molecule has 0 aliphatic heterocycles. The van der Waals surface area contributed by atoms with E-state index in [1.807, 2.05) is 0 Å². The average molecular weight is 395 g/mol. The molecule has 2 N–H and O–H groups in total. The number of aliphatic hydroxyl groups is 1. The van der Waals surface area contributed by atoms with Crippen LogP contribution in [0.2, 0.25) is 0 Å². The zero-order chi connectivity index (χ0) is 17.6. The summed E-state index contributed by atoms with van der Waals surface area (Å²) in [6.45, 7) is 2.65. The molecule has 4 heteroatoms. The molecule has 0 aromatic rings. The van der Waals surface area contributed by atoms with Crippen LogP contribution in [0.1, 0.15) is 103 Å². The molecule has 0 aliphatic rings. The second kappa shape index (κ2) is 24.2. The second-order valence-electron chi connectivity index (χ2n) is 6.20. The number of hydrogen-bond acceptors (Lipinski definition) is 2. The van der Waals surface area contributed by atoms with Gasteiger partial charge in [0.1, 0.15) is 5.33 Å². The number of aliphatic carboxylic acids is 1. The van der Waals surface area contributed by atoms with Gasteiger partial charge in [-0.15, -0.1) is 0 Å². The molecule has 0 bridgehead atoms. The third kappa shape index (κ3) is 30.4. The number of halogens is 1. The van der Waals surface area contributed by atoms with Crippen LogP contribution in [0.4, 0.5) is 0 Å². The van der Waals surface area contributed by atoms with Gasteiger partial charge in [-0.3, -0.25) is 4.79 Å². The van der Waals surface area contributed by atoms with Gasteiger partial charge in [-0.1, -0.05) is 113 Å². The Kier molecular flexibility index (Phi) is 26.4. The number of unbranched alkanes of at least 4 members (excludes halogenated alkanes) is 14. The third-order valence-electron chi connectivity index (χ3n) is 3.88. The molecule has 0 saturated carbocycles. The first-order valence-electron chi connectivity index (χ1n) is 9.57. The smallest absolute Gasteiger partial charge is 0.314 e. The maximum Gasteiger partial charge on any atom is 0.314 e. The lowest BCUT2D eigenvalue weighted by Gasteiger charge is -2.02. The number of rotatable bonds is 16. The van der Waals surface area contributed by atoms with E-state index in [-0.39, 0.29) is 5.33 Å². The minimum Gasteiger partial charge on any atom is -0.481 e. The first-order chi connectivity index (χ1) is 11.2. The number of carboxylic acid groups (broad SMARTS) is 1. The molecule has 0 saturated heterocycles. The van der Waals surface area contributed by atoms with Gasteiger partial charge in [-0.25, -0.2) is 0 Å². The molecule has 0 unspecified atom stereocenters. The van der Waals surface area contributed by atoms with Crippen molar-refractivity contribution in [3.8, 4) is 0 Å². The van der Waals surface area contributed by atoms with E-state index in [4.69, 9.17) is 10.2 Å². The number of carbonyl (C=O) groups is 1. The zero-order valence-corrected chi connectivity index (χ0v) is 16.8. The normalized spacial score (nSPS) is 10.2. The maximum atomic E-state index is 9.32. The molecule has 0 rings (SSSR count). The summed E-state index contributed by atoms with van der Waals surface area (Å²) in [4.78, 5) is 9.32. The van der Waals surface area contributed by atoms with Gasteiger partial charge < -0.3 is 10.2 Å². The van der Waals surface area contributed by atoms with Gasteiger partial charge in [0.2, 0.25) is 0 Å². The summed E-state index contributed by atoms with van der Waals surface area (Å²) < 4.78 is 0. The van der Waals surface area contributed by atoms with Gasteiger partial charge >= 0.3 is 5.97 Å². The molecule has 0 fully saturated rings. The SMILES string of the molecule is CCCCCCCCCCCCCCCCCO.O=C(O)CBr. The molecule has 0 aromatic carbocycles. The molecule has 0 radical (unpaired) electrons. The summed E-state index contributed by atoms with van der Waals surface area (Å²) in [5, 5.41) is 16.4. The lowest BCUT2D eigenvalue weighted by Crippen LogP contribution is -1.92. The Bertz CT molecular complexity index is 207. The Labute approximate surface area is 152 Å². The molecular weight excluding hydrogens is 356 g/mol. The first kappa shape index (κ1) is 25.2. The van der Waals surface area contributed by atoms with Crippen molar-refractivity contribution in [2.24, 2.45) is 0 Å². The van der Waals surface area contributed by atoms with Crippen LogP contribution < -0.4 is 0 Å². The van der Waals surface area contributed by atoms with Crippen LogP contribution in [-0.4, -0.2) is 28.1 Å². The molecule has 0 spiro atoms. The maximum absolute atomic E-state index is 9.32.